The second-order valence-electron chi connectivity index (χ2n) is 9.04. The van der Waals surface area contributed by atoms with Gasteiger partial charge in [0.1, 0.15) is 0 Å². The summed E-state index contributed by atoms with van der Waals surface area (Å²) in [6.45, 7) is 7.41. The summed E-state index contributed by atoms with van der Waals surface area (Å²) in [5.41, 5.74) is 7.20. The Hall–Kier alpha value is -2.81. The highest BCUT2D eigenvalue weighted by molar-refractivity contribution is 5.94. The van der Waals surface area contributed by atoms with Crippen molar-refractivity contribution in [2.45, 2.75) is 46.5 Å². The summed E-state index contributed by atoms with van der Waals surface area (Å²) in [6, 6.07) is 21.0. The number of hydrogen-bond acceptors (Lipinski definition) is 1. The molecule has 156 valence electrons. The van der Waals surface area contributed by atoms with E-state index in [1.807, 2.05) is 12.1 Å². The minimum Gasteiger partial charge on any atom is -0.352 e. The van der Waals surface area contributed by atoms with Gasteiger partial charge in [-0.1, -0.05) is 51.1 Å². The highest BCUT2D eigenvalue weighted by Crippen LogP contribution is 2.35. The largest absolute Gasteiger partial charge is 0.352 e. The molecular weight excluding hydrogens is 368 g/mol. The molecular formula is C27H32N2O. The number of amides is 1. The SMILES string of the molecule is CC(C)CCNC(=O)c1ccc(-n2c(-c3ccccc3)cc3c2CC[C@H](C)C3)cc1. The number of nitrogens with one attached hydrogen (secondary N) is 1. The van der Waals surface area contributed by atoms with Crippen LogP contribution < -0.4 is 5.32 Å². The summed E-state index contributed by atoms with van der Waals surface area (Å²) in [6.07, 6.45) is 4.46. The first-order valence-corrected chi connectivity index (χ1v) is 11.2. The molecule has 0 aliphatic heterocycles. The standard InChI is InChI=1S/C27H32N2O/c1-19(2)15-16-28-27(30)22-10-12-24(13-11-22)29-25-14-9-20(3)17-23(25)18-26(29)21-7-5-4-6-8-21/h4-8,10-13,18-20H,9,14-17H2,1-3H3,(H,28,30)/t20-/m0/s1. The lowest BCUT2D eigenvalue weighted by Crippen LogP contribution is -2.25. The zero-order valence-corrected chi connectivity index (χ0v) is 18.3. The van der Waals surface area contributed by atoms with Crippen molar-refractivity contribution < 1.29 is 4.79 Å². The van der Waals surface area contributed by atoms with E-state index in [2.05, 4.69) is 79.2 Å². The third-order valence-corrected chi connectivity index (χ3v) is 6.10. The molecule has 0 fully saturated rings. The molecule has 3 nitrogen and oxygen atoms in total. The maximum absolute atomic E-state index is 12.5. The van der Waals surface area contributed by atoms with Crippen molar-refractivity contribution in [1.29, 1.82) is 0 Å². The molecule has 1 aliphatic rings. The van der Waals surface area contributed by atoms with E-state index in [-0.39, 0.29) is 5.91 Å². The normalized spacial score (nSPS) is 15.8. The van der Waals surface area contributed by atoms with E-state index in [4.69, 9.17) is 0 Å². The third kappa shape index (κ3) is 4.35. The van der Waals surface area contributed by atoms with E-state index in [0.717, 1.165) is 43.0 Å². The van der Waals surface area contributed by atoms with Crippen molar-refractivity contribution >= 4 is 5.91 Å². The van der Waals surface area contributed by atoms with Crippen LogP contribution in [0.25, 0.3) is 16.9 Å². The number of benzene rings is 2. The number of carbonyl (C=O) groups excluding carboxylic acids is 1. The van der Waals surface area contributed by atoms with Gasteiger partial charge in [0.15, 0.2) is 0 Å². The van der Waals surface area contributed by atoms with Crippen molar-refractivity contribution in [3.63, 3.8) is 0 Å². The molecule has 0 saturated carbocycles. The second kappa shape index (κ2) is 8.91. The number of rotatable bonds is 6. The molecule has 2 aromatic carbocycles. The first kappa shape index (κ1) is 20.5. The minimum atomic E-state index is 0.00819. The number of aromatic nitrogens is 1. The summed E-state index contributed by atoms with van der Waals surface area (Å²) in [5, 5.41) is 3.03. The van der Waals surface area contributed by atoms with Crippen LogP contribution in [0.2, 0.25) is 0 Å². The lowest BCUT2D eigenvalue weighted by molar-refractivity contribution is 0.0952. The van der Waals surface area contributed by atoms with Crippen LogP contribution in [0.5, 0.6) is 0 Å². The van der Waals surface area contributed by atoms with Crippen LogP contribution in [-0.4, -0.2) is 17.0 Å². The monoisotopic (exact) mass is 400 g/mol. The van der Waals surface area contributed by atoms with Gasteiger partial charge in [0.2, 0.25) is 0 Å². The van der Waals surface area contributed by atoms with Crippen molar-refractivity contribution in [3.05, 3.63) is 77.5 Å². The van der Waals surface area contributed by atoms with Gasteiger partial charge in [-0.2, -0.15) is 0 Å². The predicted molar refractivity (Wildman–Crippen MR) is 124 cm³/mol. The van der Waals surface area contributed by atoms with Gasteiger partial charge in [-0.3, -0.25) is 4.79 Å². The summed E-state index contributed by atoms with van der Waals surface area (Å²) >= 11 is 0. The summed E-state index contributed by atoms with van der Waals surface area (Å²) in [5.74, 6) is 1.33. The molecule has 1 amide bonds. The lowest BCUT2D eigenvalue weighted by Gasteiger charge is -2.21. The van der Waals surface area contributed by atoms with Crippen LogP contribution >= 0.6 is 0 Å². The van der Waals surface area contributed by atoms with Crippen LogP contribution in [0.1, 0.15) is 55.2 Å². The Labute approximate surface area is 180 Å². The average Bonchev–Trinajstić information content (AvgIpc) is 3.12. The van der Waals surface area contributed by atoms with Crippen molar-refractivity contribution in [2.75, 3.05) is 6.54 Å². The van der Waals surface area contributed by atoms with Gasteiger partial charge in [0.25, 0.3) is 5.91 Å². The number of carbonyl (C=O) groups is 1. The van der Waals surface area contributed by atoms with Gasteiger partial charge >= 0.3 is 0 Å². The molecule has 30 heavy (non-hydrogen) atoms. The van der Waals surface area contributed by atoms with Crippen LogP contribution in [0.15, 0.2) is 60.7 Å². The average molecular weight is 401 g/mol. The van der Waals surface area contributed by atoms with Crippen LogP contribution in [0, 0.1) is 11.8 Å². The molecule has 4 rings (SSSR count). The molecule has 0 radical (unpaired) electrons. The van der Waals surface area contributed by atoms with Crippen LogP contribution in [0.3, 0.4) is 0 Å². The van der Waals surface area contributed by atoms with Gasteiger partial charge in [0.05, 0.1) is 5.69 Å². The Balaban J connectivity index is 1.66. The fourth-order valence-corrected chi connectivity index (χ4v) is 4.37. The van der Waals surface area contributed by atoms with E-state index in [1.54, 1.807) is 0 Å². The van der Waals surface area contributed by atoms with Gasteiger partial charge in [-0.15, -0.1) is 0 Å². The van der Waals surface area contributed by atoms with Crippen molar-refractivity contribution in [3.8, 4) is 16.9 Å². The minimum absolute atomic E-state index is 0.00819. The summed E-state index contributed by atoms with van der Waals surface area (Å²) < 4.78 is 2.40. The molecule has 0 saturated heterocycles. The van der Waals surface area contributed by atoms with E-state index < -0.39 is 0 Å². The molecule has 0 spiro atoms. The zero-order chi connectivity index (χ0) is 21.1. The second-order valence-corrected chi connectivity index (χ2v) is 9.04. The smallest absolute Gasteiger partial charge is 0.251 e. The Bertz CT molecular complexity index is 999. The molecule has 1 N–H and O–H groups in total. The Kier molecular flexibility index (Phi) is 6.08. The molecule has 1 heterocycles. The summed E-state index contributed by atoms with van der Waals surface area (Å²) in [7, 11) is 0. The van der Waals surface area contributed by atoms with E-state index >= 15 is 0 Å². The summed E-state index contributed by atoms with van der Waals surface area (Å²) in [4.78, 5) is 12.5. The first-order valence-electron chi connectivity index (χ1n) is 11.2. The van der Waals surface area contributed by atoms with E-state index in [9.17, 15) is 4.79 Å². The molecule has 1 aromatic heterocycles. The lowest BCUT2D eigenvalue weighted by atomic mass is 9.89. The topological polar surface area (TPSA) is 34.0 Å². The predicted octanol–water partition coefficient (Wildman–Crippen LogP) is 6.05. The Morgan fingerprint density at radius 2 is 1.83 bits per heavy atom. The van der Waals surface area contributed by atoms with Crippen LogP contribution in [-0.2, 0) is 12.8 Å². The molecule has 0 unspecified atom stereocenters. The van der Waals surface area contributed by atoms with Crippen molar-refractivity contribution in [2.24, 2.45) is 11.8 Å². The highest BCUT2D eigenvalue weighted by Gasteiger charge is 2.23. The Morgan fingerprint density at radius 1 is 1.10 bits per heavy atom. The quantitative estimate of drug-likeness (QED) is 0.537. The van der Waals surface area contributed by atoms with Crippen molar-refractivity contribution in [1.82, 2.24) is 9.88 Å². The number of nitrogens with zero attached hydrogens (tertiary/aromatic N) is 1. The molecule has 1 atom stereocenters. The van der Waals surface area contributed by atoms with Crippen LogP contribution in [0.4, 0.5) is 0 Å². The first-order chi connectivity index (χ1) is 14.5. The Morgan fingerprint density at radius 3 is 2.53 bits per heavy atom. The fraction of sp³-hybridized carbons (Fsp3) is 0.370. The highest BCUT2D eigenvalue weighted by atomic mass is 16.1. The maximum Gasteiger partial charge on any atom is 0.251 e. The van der Waals surface area contributed by atoms with Gasteiger partial charge in [-0.25, -0.2) is 0 Å². The maximum atomic E-state index is 12.5. The molecule has 0 bridgehead atoms. The van der Waals surface area contributed by atoms with Gasteiger partial charge < -0.3 is 9.88 Å². The molecule has 3 aromatic rings. The zero-order valence-electron chi connectivity index (χ0n) is 18.3. The number of hydrogen-bond donors (Lipinski definition) is 1. The molecule has 3 heteroatoms. The van der Waals surface area contributed by atoms with E-state index in [0.29, 0.717) is 5.92 Å². The molecule has 1 aliphatic carbocycles. The van der Waals surface area contributed by atoms with E-state index in [1.165, 1.54) is 28.9 Å². The third-order valence-electron chi connectivity index (χ3n) is 6.10. The van der Waals surface area contributed by atoms with Gasteiger partial charge in [-0.05, 0) is 79.0 Å². The fourth-order valence-electron chi connectivity index (χ4n) is 4.37. The van der Waals surface area contributed by atoms with Gasteiger partial charge in [0, 0.05) is 23.5 Å². The number of fused-ring (bicyclic) bond motifs is 1.